The van der Waals surface area contributed by atoms with Crippen LogP contribution in [0.5, 0.6) is 0 Å². The zero-order chi connectivity index (χ0) is 15.6. The standard InChI is InChI=1S/C15H31N5O2/c21-20(22)15-3-1-13(2-4-15)11-14-12-18-8-7-16-5-6-17-9-10-19-14/h13-19H,1-12H2. The summed E-state index contributed by atoms with van der Waals surface area (Å²) in [5, 5.41) is 24.8. The zero-order valence-electron chi connectivity index (χ0n) is 13.5. The summed E-state index contributed by atoms with van der Waals surface area (Å²) in [7, 11) is 0. The molecular weight excluding hydrogens is 282 g/mol. The second kappa shape index (κ2) is 10.1. The third-order valence-electron chi connectivity index (χ3n) is 4.81. The molecule has 7 nitrogen and oxygen atoms in total. The van der Waals surface area contributed by atoms with Gasteiger partial charge in [0.1, 0.15) is 0 Å². The van der Waals surface area contributed by atoms with Gasteiger partial charge in [-0.1, -0.05) is 0 Å². The van der Waals surface area contributed by atoms with Crippen LogP contribution in [0.1, 0.15) is 32.1 Å². The van der Waals surface area contributed by atoms with Gasteiger partial charge in [-0.05, 0) is 25.2 Å². The lowest BCUT2D eigenvalue weighted by Crippen LogP contribution is -2.46. The van der Waals surface area contributed by atoms with Gasteiger partial charge >= 0.3 is 0 Å². The van der Waals surface area contributed by atoms with Crippen molar-refractivity contribution in [3.8, 4) is 0 Å². The molecule has 0 aromatic carbocycles. The molecule has 2 aliphatic rings. The van der Waals surface area contributed by atoms with E-state index in [0.717, 1.165) is 77.9 Å². The highest BCUT2D eigenvalue weighted by atomic mass is 16.6. The molecule has 0 aromatic heterocycles. The Balaban J connectivity index is 1.72. The Bertz CT molecular complexity index is 309. The van der Waals surface area contributed by atoms with Crippen molar-refractivity contribution in [1.82, 2.24) is 21.3 Å². The molecule has 1 unspecified atom stereocenters. The first-order valence-corrected chi connectivity index (χ1v) is 8.74. The molecule has 1 aliphatic carbocycles. The first kappa shape index (κ1) is 17.6. The Morgan fingerprint density at radius 3 is 2.09 bits per heavy atom. The van der Waals surface area contributed by atoms with Crippen molar-refractivity contribution >= 4 is 0 Å². The molecule has 1 heterocycles. The molecule has 1 aliphatic heterocycles. The van der Waals surface area contributed by atoms with Crippen LogP contribution in [0.25, 0.3) is 0 Å². The predicted octanol–water partition coefficient (Wildman–Crippen LogP) is -0.0474. The molecule has 0 aromatic rings. The quantitative estimate of drug-likeness (QED) is 0.431. The maximum absolute atomic E-state index is 10.8. The van der Waals surface area contributed by atoms with Crippen LogP contribution in [0.4, 0.5) is 0 Å². The molecule has 1 saturated carbocycles. The van der Waals surface area contributed by atoms with Crippen LogP contribution < -0.4 is 21.3 Å². The molecule has 22 heavy (non-hydrogen) atoms. The van der Waals surface area contributed by atoms with Crippen LogP contribution in [-0.4, -0.2) is 62.8 Å². The van der Waals surface area contributed by atoms with Crippen molar-refractivity contribution in [2.24, 2.45) is 5.92 Å². The fourth-order valence-electron chi connectivity index (χ4n) is 3.48. The van der Waals surface area contributed by atoms with Gasteiger partial charge in [0.25, 0.3) is 0 Å². The van der Waals surface area contributed by atoms with Gasteiger partial charge in [-0.3, -0.25) is 10.1 Å². The number of nitro groups is 1. The van der Waals surface area contributed by atoms with E-state index >= 15 is 0 Å². The Morgan fingerprint density at radius 2 is 1.45 bits per heavy atom. The molecule has 0 radical (unpaired) electrons. The second-order valence-corrected chi connectivity index (χ2v) is 6.55. The number of nitrogens with one attached hydrogen (secondary N) is 4. The summed E-state index contributed by atoms with van der Waals surface area (Å²) >= 11 is 0. The van der Waals surface area contributed by atoms with E-state index in [1.54, 1.807) is 0 Å². The van der Waals surface area contributed by atoms with Gasteiger partial charge in [0, 0.05) is 69.6 Å². The van der Waals surface area contributed by atoms with E-state index in [-0.39, 0.29) is 11.0 Å². The Labute approximate surface area is 133 Å². The highest BCUT2D eigenvalue weighted by Crippen LogP contribution is 2.29. The normalized spacial score (nSPS) is 32.6. The van der Waals surface area contributed by atoms with Crippen molar-refractivity contribution < 1.29 is 4.92 Å². The maximum atomic E-state index is 10.8. The van der Waals surface area contributed by atoms with Gasteiger partial charge in [-0.2, -0.15) is 0 Å². The molecule has 128 valence electrons. The summed E-state index contributed by atoms with van der Waals surface area (Å²) < 4.78 is 0. The fraction of sp³-hybridized carbons (Fsp3) is 1.00. The molecule has 2 rings (SSSR count). The molecule has 1 saturated heterocycles. The molecule has 2 fully saturated rings. The Hall–Kier alpha value is -0.760. The summed E-state index contributed by atoms with van der Waals surface area (Å²) in [6, 6.07) is 0.173. The van der Waals surface area contributed by atoms with E-state index in [1.165, 1.54) is 0 Å². The monoisotopic (exact) mass is 313 g/mol. The van der Waals surface area contributed by atoms with Crippen LogP contribution in [0.2, 0.25) is 0 Å². The average Bonchev–Trinajstić information content (AvgIpc) is 2.50. The minimum atomic E-state index is -0.297. The van der Waals surface area contributed by atoms with Gasteiger partial charge in [-0.25, -0.2) is 0 Å². The predicted molar refractivity (Wildman–Crippen MR) is 87.8 cm³/mol. The Kier molecular flexibility index (Phi) is 8.07. The largest absolute Gasteiger partial charge is 0.314 e. The van der Waals surface area contributed by atoms with Gasteiger partial charge in [0.2, 0.25) is 6.04 Å². The Morgan fingerprint density at radius 1 is 0.864 bits per heavy atom. The van der Waals surface area contributed by atoms with Crippen molar-refractivity contribution in [2.45, 2.75) is 44.2 Å². The molecular formula is C15H31N5O2. The van der Waals surface area contributed by atoms with Crippen molar-refractivity contribution in [2.75, 3.05) is 45.8 Å². The summed E-state index contributed by atoms with van der Waals surface area (Å²) in [4.78, 5) is 10.7. The summed E-state index contributed by atoms with van der Waals surface area (Å²) in [6.07, 6.45) is 4.64. The number of hydrogen-bond acceptors (Lipinski definition) is 6. The van der Waals surface area contributed by atoms with Crippen molar-refractivity contribution in [3.05, 3.63) is 10.1 Å². The lowest BCUT2D eigenvalue weighted by atomic mass is 9.82. The van der Waals surface area contributed by atoms with Crippen molar-refractivity contribution in [3.63, 3.8) is 0 Å². The average molecular weight is 313 g/mol. The summed E-state index contributed by atoms with van der Waals surface area (Å²) in [5.41, 5.74) is 0. The summed E-state index contributed by atoms with van der Waals surface area (Å²) in [5.74, 6) is 0.634. The van der Waals surface area contributed by atoms with Crippen LogP contribution in [-0.2, 0) is 0 Å². The number of hydrogen-bond donors (Lipinski definition) is 4. The maximum Gasteiger partial charge on any atom is 0.213 e. The molecule has 0 bridgehead atoms. The molecule has 1 atom stereocenters. The van der Waals surface area contributed by atoms with Gasteiger partial charge in [-0.15, -0.1) is 0 Å². The van der Waals surface area contributed by atoms with E-state index in [0.29, 0.717) is 12.0 Å². The van der Waals surface area contributed by atoms with Crippen LogP contribution in [0.3, 0.4) is 0 Å². The SMILES string of the molecule is O=[N+]([O-])C1CCC(CC2CNCCNCCNCCN2)CC1. The van der Waals surface area contributed by atoms with E-state index in [1.807, 2.05) is 0 Å². The number of nitrogens with zero attached hydrogens (tertiary/aromatic N) is 1. The third-order valence-corrected chi connectivity index (χ3v) is 4.81. The second-order valence-electron chi connectivity index (χ2n) is 6.55. The smallest absolute Gasteiger partial charge is 0.213 e. The minimum absolute atomic E-state index is 0.0926. The molecule has 0 spiro atoms. The first-order chi connectivity index (χ1) is 10.8. The summed E-state index contributed by atoms with van der Waals surface area (Å²) in [6.45, 7) is 6.98. The fourth-order valence-corrected chi connectivity index (χ4v) is 3.48. The lowest BCUT2D eigenvalue weighted by molar-refractivity contribution is -0.527. The zero-order valence-corrected chi connectivity index (χ0v) is 13.5. The lowest BCUT2D eigenvalue weighted by Gasteiger charge is -2.29. The molecule has 4 N–H and O–H groups in total. The van der Waals surface area contributed by atoms with Crippen LogP contribution >= 0.6 is 0 Å². The van der Waals surface area contributed by atoms with Gasteiger partial charge in [0.15, 0.2) is 0 Å². The molecule has 7 heteroatoms. The minimum Gasteiger partial charge on any atom is -0.314 e. The van der Waals surface area contributed by atoms with Gasteiger partial charge < -0.3 is 21.3 Å². The van der Waals surface area contributed by atoms with E-state index in [2.05, 4.69) is 21.3 Å². The number of rotatable bonds is 3. The third kappa shape index (κ3) is 6.56. The highest BCUT2D eigenvalue weighted by molar-refractivity contribution is 4.79. The highest BCUT2D eigenvalue weighted by Gasteiger charge is 2.29. The topological polar surface area (TPSA) is 91.3 Å². The molecule has 0 amide bonds. The van der Waals surface area contributed by atoms with Gasteiger partial charge in [0.05, 0.1) is 0 Å². The van der Waals surface area contributed by atoms with Crippen molar-refractivity contribution in [1.29, 1.82) is 0 Å². The first-order valence-electron chi connectivity index (χ1n) is 8.74. The van der Waals surface area contributed by atoms with Crippen LogP contribution in [0, 0.1) is 16.0 Å². The van der Waals surface area contributed by atoms with E-state index < -0.39 is 0 Å². The van der Waals surface area contributed by atoms with E-state index in [9.17, 15) is 10.1 Å². The van der Waals surface area contributed by atoms with Crippen LogP contribution in [0.15, 0.2) is 0 Å². The van der Waals surface area contributed by atoms with E-state index in [4.69, 9.17) is 0 Å².